The lowest BCUT2D eigenvalue weighted by Gasteiger charge is -2.29. The molecule has 0 aliphatic carbocycles. The first kappa shape index (κ1) is 20.2. The quantitative estimate of drug-likeness (QED) is 0.477. The molecular weight excluding hydrogens is 352 g/mol. The number of hydrogen-bond acceptors (Lipinski definition) is 7. The highest BCUT2D eigenvalue weighted by molar-refractivity contribution is 6.24. The van der Waals surface area contributed by atoms with Gasteiger partial charge in [-0.2, -0.15) is 10.4 Å². The van der Waals surface area contributed by atoms with Gasteiger partial charge in [0.25, 0.3) is 11.8 Å². The smallest absolute Gasteiger partial charge is 0.275 e. The fourth-order valence-electron chi connectivity index (χ4n) is 2.86. The molecule has 3 amide bonds. The first-order valence-corrected chi connectivity index (χ1v) is 8.31. The van der Waals surface area contributed by atoms with Gasteiger partial charge in [0.1, 0.15) is 11.6 Å². The second kappa shape index (κ2) is 8.53. The SMILES string of the molecule is CC1=NN(CCO)C(=O)C1=CC=CC1C(=O)N(CCO)C(=O)C(C#N)=C1C. The van der Waals surface area contributed by atoms with Crippen molar-refractivity contribution in [3.05, 3.63) is 34.9 Å². The molecular formula is C18H20N4O5. The number of hydrogen-bond donors (Lipinski definition) is 2. The standard InChI is InChI=1S/C18H20N4O5/c1-11-13(16(25)21(6-8-23)17(26)15(11)10-19)4-3-5-14-12(2)20-22(7-9-24)18(14)27/h3-5,13,23-24H,6-9H2,1-2H3. The van der Waals surface area contributed by atoms with Crippen molar-refractivity contribution < 1.29 is 24.6 Å². The van der Waals surface area contributed by atoms with E-state index in [-0.39, 0.29) is 31.2 Å². The summed E-state index contributed by atoms with van der Waals surface area (Å²) in [7, 11) is 0. The lowest BCUT2D eigenvalue weighted by atomic mass is 9.89. The molecule has 2 aliphatic rings. The monoisotopic (exact) mass is 372 g/mol. The van der Waals surface area contributed by atoms with E-state index in [9.17, 15) is 19.6 Å². The van der Waals surface area contributed by atoms with E-state index in [0.717, 1.165) is 9.91 Å². The van der Waals surface area contributed by atoms with E-state index in [0.29, 0.717) is 16.9 Å². The van der Waals surface area contributed by atoms with Gasteiger partial charge in [0.05, 0.1) is 43.5 Å². The number of imide groups is 1. The second-order valence-electron chi connectivity index (χ2n) is 5.97. The molecule has 1 unspecified atom stereocenters. The number of aliphatic hydroxyl groups is 2. The number of nitriles is 1. The summed E-state index contributed by atoms with van der Waals surface area (Å²) < 4.78 is 0. The predicted molar refractivity (Wildman–Crippen MR) is 94.7 cm³/mol. The van der Waals surface area contributed by atoms with Crippen molar-refractivity contribution in [1.29, 1.82) is 5.26 Å². The second-order valence-corrected chi connectivity index (χ2v) is 5.97. The van der Waals surface area contributed by atoms with E-state index in [4.69, 9.17) is 10.2 Å². The highest BCUT2D eigenvalue weighted by Gasteiger charge is 2.37. The van der Waals surface area contributed by atoms with E-state index in [1.807, 2.05) is 6.07 Å². The number of β-amino-alcohol motifs (C(OH)–C–C–N with tert-alkyl or cyclic N) is 2. The van der Waals surface area contributed by atoms with Gasteiger partial charge in [0.2, 0.25) is 5.91 Å². The summed E-state index contributed by atoms with van der Waals surface area (Å²) in [5, 5.41) is 32.4. The maximum atomic E-state index is 12.5. The lowest BCUT2D eigenvalue weighted by molar-refractivity contribution is -0.145. The van der Waals surface area contributed by atoms with Crippen LogP contribution in [0, 0.1) is 17.2 Å². The zero-order chi connectivity index (χ0) is 20.1. The Hall–Kier alpha value is -3.09. The molecule has 0 saturated carbocycles. The van der Waals surface area contributed by atoms with Crippen LogP contribution in [0.5, 0.6) is 0 Å². The minimum absolute atomic E-state index is 0.0872. The van der Waals surface area contributed by atoms with Crippen molar-refractivity contribution >= 4 is 23.4 Å². The third kappa shape index (κ3) is 3.86. The van der Waals surface area contributed by atoms with Crippen LogP contribution >= 0.6 is 0 Å². The van der Waals surface area contributed by atoms with Crippen molar-refractivity contribution in [3.8, 4) is 6.07 Å². The van der Waals surface area contributed by atoms with Crippen molar-refractivity contribution in [2.75, 3.05) is 26.3 Å². The summed E-state index contributed by atoms with van der Waals surface area (Å²) in [5.74, 6) is -2.46. The molecule has 0 spiro atoms. The minimum Gasteiger partial charge on any atom is -0.395 e. The third-order valence-electron chi connectivity index (χ3n) is 4.29. The Bertz CT molecular complexity index is 831. The predicted octanol–water partition coefficient (Wildman–Crippen LogP) is -0.503. The molecule has 2 aliphatic heterocycles. The van der Waals surface area contributed by atoms with E-state index in [1.54, 1.807) is 6.92 Å². The van der Waals surface area contributed by atoms with E-state index < -0.39 is 24.3 Å². The number of nitrogens with zero attached hydrogens (tertiary/aromatic N) is 4. The van der Waals surface area contributed by atoms with Crippen LogP contribution in [0.3, 0.4) is 0 Å². The van der Waals surface area contributed by atoms with Gasteiger partial charge in [-0.05, 0) is 25.5 Å². The molecule has 2 N–H and O–H groups in total. The first-order chi connectivity index (χ1) is 12.9. The molecule has 0 bridgehead atoms. The Balaban J connectivity index is 2.30. The summed E-state index contributed by atoms with van der Waals surface area (Å²) in [6, 6.07) is 1.81. The van der Waals surface area contributed by atoms with Crippen molar-refractivity contribution in [1.82, 2.24) is 9.91 Å². The number of amides is 3. The summed E-state index contributed by atoms with van der Waals surface area (Å²) in [6.45, 7) is 2.47. The van der Waals surface area contributed by atoms with Crippen LogP contribution in [0.4, 0.5) is 0 Å². The van der Waals surface area contributed by atoms with Crippen LogP contribution in [-0.4, -0.2) is 69.9 Å². The van der Waals surface area contributed by atoms with Gasteiger partial charge in [0.15, 0.2) is 0 Å². The highest BCUT2D eigenvalue weighted by Crippen LogP contribution is 2.26. The Morgan fingerprint density at radius 3 is 2.41 bits per heavy atom. The van der Waals surface area contributed by atoms with Gasteiger partial charge in [0, 0.05) is 0 Å². The molecule has 0 fully saturated rings. The van der Waals surface area contributed by atoms with Gasteiger partial charge >= 0.3 is 0 Å². The molecule has 0 aromatic heterocycles. The molecule has 0 saturated heterocycles. The molecule has 2 rings (SSSR count). The van der Waals surface area contributed by atoms with Gasteiger partial charge in [-0.15, -0.1) is 0 Å². The molecule has 1 atom stereocenters. The fraction of sp³-hybridized carbons (Fsp3) is 0.389. The first-order valence-electron chi connectivity index (χ1n) is 8.31. The van der Waals surface area contributed by atoms with Crippen LogP contribution in [0.15, 0.2) is 40.0 Å². The van der Waals surface area contributed by atoms with Crippen molar-refractivity contribution in [3.63, 3.8) is 0 Å². The van der Waals surface area contributed by atoms with Crippen LogP contribution < -0.4 is 0 Å². The van der Waals surface area contributed by atoms with Gasteiger partial charge < -0.3 is 10.2 Å². The number of rotatable bonds is 6. The molecule has 0 aromatic carbocycles. The van der Waals surface area contributed by atoms with Gasteiger partial charge in [-0.25, -0.2) is 5.01 Å². The Morgan fingerprint density at radius 1 is 1.15 bits per heavy atom. The van der Waals surface area contributed by atoms with Crippen LogP contribution in [-0.2, 0) is 14.4 Å². The molecule has 27 heavy (non-hydrogen) atoms. The average Bonchev–Trinajstić information content (AvgIpc) is 2.89. The van der Waals surface area contributed by atoms with Crippen LogP contribution in [0.1, 0.15) is 13.8 Å². The van der Waals surface area contributed by atoms with Gasteiger partial charge in [-0.1, -0.05) is 12.2 Å². The zero-order valence-corrected chi connectivity index (χ0v) is 15.0. The number of aliphatic hydroxyl groups excluding tert-OH is 2. The Labute approximate surface area is 156 Å². The summed E-state index contributed by atoms with van der Waals surface area (Å²) in [4.78, 5) is 37.8. The highest BCUT2D eigenvalue weighted by atomic mass is 16.3. The molecule has 0 aromatic rings. The number of allylic oxidation sites excluding steroid dienone is 2. The summed E-state index contributed by atoms with van der Waals surface area (Å²) in [6.07, 6.45) is 4.49. The molecule has 9 heteroatoms. The zero-order valence-electron chi connectivity index (χ0n) is 15.0. The van der Waals surface area contributed by atoms with Crippen molar-refractivity contribution in [2.45, 2.75) is 13.8 Å². The molecule has 0 radical (unpaired) electrons. The number of carbonyl (C=O) groups is 3. The minimum atomic E-state index is -0.844. The number of carbonyl (C=O) groups excluding carboxylic acids is 3. The largest absolute Gasteiger partial charge is 0.395 e. The number of hydrazone groups is 1. The molecule has 2 heterocycles. The fourth-order valence-corrected chi connectivity index (χ4v) is 2.86. The maximum Gasteiger partial charge on any atom is 0.275 e. The topological polar surface area (TPSA) is 134 Å². The third-order valence-corrected chi connectivity index (χ3v) is 4.29. The summed E-state index contributed by atoms with van der Waals surface area (Å²) in [5.41, 5.74) is 0.999. The average molecular weight is 372 g/mol. The Kier molecular flexibility index (Phi) is 6.39. The molecule has 9 nitrogen and oxygen atoms in total. The van der Waals surface area contributed by atoms with E-state index in [2.05, 4.69) is 5.10 Å². The van der Waals surface area contributed by atoms with E-state index >= 15 is 0 Å². The van der Waals surface area contributed by atoms with E-state index in [1.165, 1.54) is 25.2 Å². The van der Waals surface area contributed by atoms with Crippen LogP contribution in [0.2, 0.25) is 0 Å². The van der Waals surface area contributed by atoms with Crippen LogP contribution in [0.25, 0.3) is 0 Å². The van der Waals surface area contributed by atoms with Gasteiger partial charge in [-0.3, -0.25) is 19.3 Å². The van der Waals surface area contributed by atoms with Crippen molar-refractivity contribution in [2.24, 2.45) is 11.0 Å². The lowest BCUT2D eigenvalue weighted by Crippen LogP contribution is -2.46. The summed E-state index contributed by atoms with van der Waals surface area (Å²) >= 11 is 0. The Morgan fingerprint density at radius 2 is 1.81 bits per heavy atom. The molecule has 142 valence electrons. The maximum absolute atomic E-state index is 12.5. The normalized spacial score (nSPS) is 22.3.